The Labute approximate surface area is 230 Å². The van der Waals surface area contributed by atoms with Crippen LogP contribution in [0.2, 0.25) is 5.02 Å². The van der Waals surface area contributed by atoms with Gasteiger partial charge in [-0.05, 0) is 71.8 Å². The quantitative estimate of drug-likeness (QED) is 0.325. The van der Waals surface area contributed by atoms with Gasteiger partial charge in [-0.25, -0.2) is 4.98 Å². The highest BCUT2D eigenvalue weighted by Crippen LogP contribution is 2.37. The van der Waals surface area contributed by atoms with Gasteiger partial charge in [0.15, 0.2) is 0 Å². The van der Waals surface area contributed by atoms with Crippen LogP contribution in [0.15, 0.2) is 116 Å². The molecule has 0 saturated carbocycles. The number of carbonyl (C=O) groups is 2. The molecule has 1 aromatic carbocycles. The van der Waals surface area contributed by atoms with Gasteiger partial charge in [0, 0.05) is 59.6 Å². The maximum absolute atomic E-state index is 13.7. The summed E-state index contributed by atoms with van der Waals surface area (Å²) < 4.78 is 0. The van der Waals surface area contributed by atoms with Crippen molar-refractivity contribution in [1.82, 2.24) is 20.6 Å². The number of amides is 2. The van der Waals surface area contributed by atoms with Crippen LogP contribution < -0.4 is 21.3 Å². The number of aromatic nitrogens is 2. The average molecular weight is 535 g/mol. The highest BCUT2D eigenvalue weighted by molar-refractivity contribution is 6.30. The van der Waals surface area contributed by atoms with Crippen molar-refractivity contribution in [3.63, 3.8) is 0 Å². The van der Waals surface area contributed by atoms with E-state index in [9.17, 15) is 9.59 Å². The Kier molecular flexibility index (Phi) is 7.76. The summed E-state index contributed by atoms with van der Waals surface area (Å²) in [5.74, 6) is -0.382. The van der Waals surface area contributed by atoms with Crippen molar-refractivity contribution in [3.8, 4) is 0 Å². The van der Waals surface area contributed by atoms with E-state index in [4.69, 9.17) is 11.6 Å². The zero-order chi connectivity index (χ0) is 27.0. The molecule has 0 radical (unpaired) electrons. The first kappa shape index (κ1) is 25.4. The SMILES string of the molecule is O=C(Nc1ccc(C(=O)Nc2ccc(Cl)cn2)c(C2=CC=CNC=C2)c1C1=CC=CNC=C1)c1ccccn1. The van der Waals surface area contributed by atoms with E-state index in [2.05, 4.69) is 31.2 Å². The number of pyridine rings is 2. The van der Waals surface area contributed by atoms with Crippen molar-refractivity contribution in [3.05, 3.63) is 144 Å². The molecule has 39 heavy (non-hydrogen) atoms. The molecule has 2 aromatic heterocycles. The molecular weight excluding hydrogens is 512 g/mol. The standard InChI is InChI=1S/C30H23ClN6O2/c31-22-8-11-26(35-19-22)37-29(38)23-9-10-24(36-30(39)25-7-1-2-16-34-25)28(21-6-4-15-33-18-13-21)27(23)20-5-3-14-32-17-12-20/h1-19,32-33H,(H,36,39)(H,35,37,38). The van der Waals surface area contributed by atoms with E-state index in [1.165, 1.54) is 6.20 Å². The number of benzene rings is 1. The molecule has 0 atom stereocenters. The molecular formula is C30H23ClN6O2. The number of anilines is 2. The van der Waals surface area contributed by atoms with Gasteiger partial charge in [0.25, 0.3) is 11.8 Å². The van der Waals surface area contributed by atoms with Crippen molar-refractivity contribution >= 4 is 46.1 Å². The zero-order valence-corrected chi connectivity index (χ0v) is 21.3. The first-order valence-corrected chi connectivity index (χ1v) is 12.4. The molecule has 192 valence electrons. The van der Waals surface area contributed by atoms with Crippen molar-refractivity contribution in [2.75, 3.05) is 10.6 Å². The number of allylic oxidation sites excluding steroid dienone is 8. The largest absolute Gasteiger partial charge is 0.368 e. The third-order valence-electron chi connectivity index (χ3n) is 5.80. The fraction of sp³-hybridized carbons (Fsp3) is 0. The lowest BCUT2D eigenvalue weighted by Gasteiger charge is -2.21. The van der Waals surface area contributed by atoms with Crippen molar-refractivity contribution < 1.29 is 9.59 Å². The monoisotopic (exact) mass is 534 g/mol. The van der Waals surface area contributed by atoms with Crippen LogP contribution in [0, 0.1) is 0 Å². The molecule has 0 unspecified atom stereocenters. The number of halogens is 1. The van der Waals surface area contributed by atoms with Crippen molar-refractivity contribution in [2.24, 2.45) is 0 Å². The second-order valence-corrected chi connectivity index (χ2v) is 8.79. The van der Waals surface area contributed by atoms with Crippen LogP contribution in [0.1, 0.15) is 32.0 Å². The Morgan fingerprint density at radius 1 is 0.744 bits per heavy atom. The number of hydrogen-bond donors (Lipinski definition) is 4. The van der Waals surface area contributed by atoms with Crippen LogP contribution >= 0.6 is 11.6 Å². The van der Waals surface area contributed by atoms with E-state index in [1.807, 2.05) is 36.5 Å². The van der Waals surface area contributed by atoms with E-state index in [-0.39, 0.29) is 17.5 Å². The minimum atomic E-state index is -0.371. The smallest absolute Gasteiger partial charge is 0.274 e. The Balaban J connectivity index is 1.69. The molecule has 3 aromatic rings. The second-order valence-electron chi connectivity index (χ2n) is 8.36. The molecule has 0 aliphatic carbocycles. The molecule has 9 heteroatoms. The third-order valence-corrected chi connectivity index (χ3v) is 6.02. The summed E-state index contributed by atoms with van der Waals surface area (Å²) in [4.78, 5) is 35.2. The van der Waals surface area contributed by atoms with Gasteiger partial charge >= 0.3 is 0 Å². The predicted molar refractivity (Wildman–Crippen MR) is 155 cm³/mol. The van der Waals surface area contributed by atoms with Gasteiger partial charge in [-0.1, -0.05) is 29.8 Å². The number of hydrogen-bond acceptors (Lipinski definition) is 6. The Hall–Kier alpha value is -5.21. The first-order chi connectivity index (χ1) is 19.1. The van der Waals surface area contributed by atoms with E-state index in [0.29, 0.717) is 33.2 Å². The van der Waals surface area contributed by atoms with Gasteiger partial charge in [0.1, 0.15) is 11.5 Å². The highest BCUT2D eigenvalue weighted by Gasteiger charge is 2.24. The lowest BCUT2D eigenvalue weighted by Crippen LogP contribution is -2.19. The van der Waals surface area contributed by atoms with Gasteiger partial charge in [0.2, 0.25) is 0 Å². The lowest BCUT2D eigenvalue weighted by atomic mass is 9.87. The molecule has 2 aliphatic rings. The van der Waals surface area contributed by atoms with E-state index < -0.39 is 0 Å². The van der Waals surface area contributed by atoms with Gasteiger partial charge in [-0.3, -0.25) is 14.6 Å². The molecule has 0 saturated heterocycles. The maximum Gasteiger partial charge on any atom is 0.274 e. The van der Waals surface area contributed by atoms with Gasteiger partial charge < -0.3 is 21.3 Å². The summed E-state index contributed by atoms with van der Waals surface area (Å²) in [7, 11) is 0. The van der Waals surface area contributed by atoms with Crippen LogP contribution in [-0.4, -0.2) is 21.8 Å². The van der Waals surface area contributed by atoms with Crippen LogP contribution in [0.5, 0.6) is 0 Å². The normalized spacial score (nSPS) is 13.8. The second kappa shape index (κ2) is 11.9. The highest BCUT2D eigenvalue weighted by atomic mass is 35.5. The third kappa shape index (κ3) is 6.03. The average Bonchev–Trinajstić information content (AvgIpc) is 3.40. The predicted octanol–water partition coefficient (Wildman–Crippen LogP) is 5.66. The van der Waals surface area contributed by atoms with Crippen LogP contribution in [0.3, 0.4) is 0 Å². The topological polar surface area (TPSA) is 108 Å². The van der Waals surface area contributed by atoms with E-state index >= 15 is 0 Å². The fourth-order valence-electron chi connectivity index (χ4n) is 4.06. The Morgan fingerprint density at radius 2 is 1.49 bits per heavy atom. The molecule has 5 rings (SSSR count). The summed E-state index contributed by atoms with van der Waals surface area (Å²) in [5, 5.41) is 12.4. The van der Waals surface area contributed by atoms with Crippen LogP contribution in [0.25, 0.3) is 11.1 Å². The zero-order valence-electron chi connectivity index (χ0n) is 20.6. The summed E-state index contributed by atoms with van der Waals surface area (Å²) in [6, 6.07) is 11.8. The molecule has 0 spiro atoms. The summed E-state index contributed by atoms with van der Waals surface area (Å²) >= 11 is 5.97. The molecule has 0 fully saturated rings. The van der Waals surface area contributed by atoms with Crippen LogP contribution in [0.4, 0.5) is 11.5 Å². The maximum atomic E-state index is 13.7. The Bertz CT molecular complexity index is 1590. The summed E-state index contributed by atoms with van der Waals surface area (Å²) in [6.45, 7) is 0. The molecule has 2 amide bonds. The molecule has 0 bridgehead atoms. The van der Waals surface area contributed by atoms with E-state index in [1.54, 1.807) is 73.5 Å². The summed E-state index contributed by atoms with van der Waals surface area (Å²) in [5.41, 5.74) is 3.99. The number of nitrogens with zero attached hydrogens (tertiary/aromatic N) is 2. The first-order valence-electron chi connectivity index (χ1n) is 12.0. The van der Waals surface area contributed by atoms with Crippen molar-refractivity contribution in [2.45, 2.75) is 0 Å². The minimum Gasteiger partial charge on any atom is -0.368 e. The molecule has 8 nitrogen and oxygen atoms in total. The number of nitrogens with one attached hydrogen (secondary N) is 4. The summed E-state index contributed by atoms with van der Waals surface area (Å²) in [6.07, 6.45) is 21.4. The van der Waals surface area contributed by atoms with Gasteiger partial charge in [0.05, 0.1) is 5.02 Å². The number of rotatable bonds is 6. The molecule has 4 N–H and O–H groups in total. The Morgan fingerprint density at radius 3 is 2.15 bits per heavy atom. The fourth-order valence-corrected chi connectivity index (χ4v) is 4.17. The van der Waals surface area contributed by atoms with Gasteiger partial charge in [-0.2, -0.15) is 0 Å². The van der Waals surface area contributed by atoms with Crippen LogP contribution in [-0.2, 0) is 0 Å². The molecule has 2 aliphatic heterocycles. The number of carbonyl (C=O) groups excluding carboxylic acids is 2. The van der Waals surface area contributed by atoms with E-state index in [0.717, 1.165) is 11.1 Å². The lowest BCUT2D eigenvalue weighted by molar-refractivity contribution is 0.101. The van der Waals surface area contributed by atoms with Gasteiger partial charge in [-0.15, -0.1) is 0 Å². The minimum absolute atomic E-state index is 0.272. The molecule has 4 heterocycles. The van der Waals surface area contributed by atoms with Crippen molar-refractivity contribution in [1.29, 1.82) is 0 Å².